The zero-order valence-electron chi connectivity index (χ0n) is 15.5. The number of hydrogen-bond donors (Lipinski definition) is 0. The molecular formula is C18H31N3O2. The van der Waals surface area contributed by atoms with Crippen LogP contribution in [0.5, 0.6) is 0 Å². The van der Waals surface area contributed by atoms with E-state index in [0.29, 0.717) is 12.5 Å². The minimum Gasteiger partial charge on any atom is -0.375 e. The molecule has 0 aromatic carbocycles. The second-order valence-corrected chi connectivity index (χ2v) is 7.21. The van der Waals surface area contributed by atoms with Crippen LogP contribution in [-0.2, 0) is 23.0 Å². The number of rotatable bonds is 5. The standard InChI is InChI=1S/C18H31N3O2/c1-7-21(15-10-11-23-18(4,5)12-15)17(22)9-8-16-13(2)19-20(6)14(16)3/h15H,7-12H2,1-6H3/t15-/m0/s1. The number of amides is 1. The Labute approximate surface area is 140 Å². The molecule has 130 valence electrons. The average molecular weight is 321 g/mol. The van der Waals surface area contributed by atoms with E-state index >= 15 is 0 Å². The molecular weight excluding hydrogens is 290 g/mol. The molecule has 0 radical (unpaired) electrons. The van der Waals surface area contributed by atoms with E-state index in [1.54, 1.807) is 0 Å². The quantitative estimate of drug-likeness (QED) is 0.838. The summed E-state index contributed by atoms with van der Waals surface area (Å²) < 4.78 is 7.68. The molecule has 2 rings (SSSR count). The molecule has 1 aliphatic heterocycles. The van der Waals surface area contributed by atoms with Gasteiger partial charge in [-0.2, -0.15) is 5.10 Å². The number of carbonyl (C=O) groups is 1. The van der Waals surface area contributed by atoms with Crippen molar-refractivity contribution in [2.45, 2.75) is 71.9 Å². The zero-order valence-corrected chi connectivity index (χ0v) is 15.5. The molecule has 1 fully saturated rings. The van der Waals surface area contributed by atoms with Crippen LogP contribution >= 0.6 is 0 Å². The normalized spacial score (nSPS) is 20.5. The average Bonchev–Trinajstić information content (AvgIpc) is 2.70. The smallest absolute Gasteiger partial charge is 0.223 e. The minimum atomic E-state index is -0.132. The number of ether oxygens (including phenoxy) is 1. The molecule has 0 bridgehead atoms. The second-order valence-electron chi connectivity index (χ2n) is 7.21. The molecule has 5 heteroatoms. The Balaban J connectivity index is 2.00. The van der Waals surface area contributed by atoms with E-state index < -0.39 is 0 Å². The lowest BCUT2D eigenvalue weighted by Crippen LogP contribution is -2.48. The second kappa shape index (κ2) is 7.04. The summed E-state index contributed by atoms with van der Waals surface area (Å²) in [6.07, 6.45) is 3.18. The predicted molar refractivity (Wildman–Crippen MR) is 91.4 cm³/mol. The van der Waals surface area contributed by atoms with Crippen molar-refractivity contribution < 1.29 is 9.53 Å². The van der Waals surface area contributed by atoms with Crippen LogP contribution in [0.1, 0.15) is 57.0 Å². The summed E-state index contributed by atoms with van der Waals surface area (Å²) in [5.74, 6) is 0.248. The number of hydrogen-bond acceptors (Lipinski definition) is 3. The van der Waals surface area contributed by atoms with Crippen molar-refractivity contribution in [2.24, 2.45) is 7.05 Å². The maximum Gasteiger partial charge on any atom is 0.223 e. The van der Waals surface area contributed by atoms with Gasteiger partial charge in [0.2, 0.25) is 5.91 Å². The van der Waals surface area contributed by atoms with Gasteiger partial charge in [0.05, 0.1) is 11.3 Å². The van der Waals surface area contributed by atoms with E-state index in [2.05, 4.69) is 32.8 Å². The molecule has 23 heavy (non-hydrogen) atoms. The Morgan fingerprint density at radius 3 is 2.65 bits per heavy atom. The first kappa shape index (κ1) is 18.0. The van der Waals surface area contributed by atoms with Crippen molar-refractivity contribution >= 4 is 5.91 Å². The van der Waals surface area contributed by atoms with Gasteiger partial charge in [0.25, 0.3) is 0 Å². The lowest BCUT2D eigenvalue weighted by Gasteiger charge is -2.41. The van der Waals surface area contributed by atoms with Crippen molar-refractivity contribution in [2.75, 3.05) is 13.2 Å². The van der Waals surface area contributed by atoms with Gasteiger partial charge in [0, 0.05) is 38.4 Å². The summed E-state index contributed by atoms with van der Waals surface area (Å²) in [6, 6.07) is 0.298. The Morgan fingerprint density at radius 1 is 1.43 bits per heavy atom. The van der Waals surface area contributed by atoms with Gasteiger partial charge in [-0.3, -0.25) is 9.48 Å². The summed E-state index contributed by atoms with van der Waals surface area (Å²) in [4.78, 5) is 14.8. The summed E-state index contributed by atoms with van der Waals surface area (Å²) >= 11 is 0. The van der Waals surface area contributed by atoms with Gasteiger partial charge in [-0.1, -0.05) is 0 Å². The van der Waals surface area contributed by atoms with Crippen molar-refractivity contribution in [3.8, 4) is 0 Å². The van der Waals surface area contributed by atoms with Gasteiger partial charge >= 0.3 is 0 Å². The first-order chi connectivity index (χ1) is 10.7. The fourth-order valence-corrected chi connectivity index (χ4v) is 3.66. The van der Waals surface area contributed by atoms with Gasteiger partial charge < -0.3 is 9.64 Å². The lowest BCUT2D eigenvalue weighted by molar-refractivity contribution is -0.139. The minimum absolute atomic E-state index is 0.132. The largest absolute Gasteiger partial charge is 0.375 e. The fourth-order valence-electron chi connectivity index (χ4n) is 3.66. The number of aromatic nitrogens is 2. The molecule has 0 spiro atoms. The highest BCUT2D eigenvalue weighted by Crippen LogP contribution is 2.28. The van der Waals surface area contributed by atoms with Gasteiger partial charge in [-0.25, -0.2) is 0 Å². The number of nitrogens with zero attached hydrogens (tertiary/aromatic N) is 3. The van der Waals surface area contributed by atoms with E-state index in [0.717, 1.165) is 43.8 Å². The molecule has 1 aromatic heterocycles. The summed E-state index contributed by atoms with van der Waals surface area (Å²) in [5, 5.41) is 4.44. The molecule has 2 heterocycles. The number of carbonyl (C=O) groups excluding carboxylic acids is 1. The van der Waals surface area contributed by atoms with Gasteiger partial charge in [0.1, 0.15) is 0 Å². The van der Waals surface area contributed by atoms with Gasteiger partial charge in [0.15, 0.2) is 0 Å². The Bertz CT molecular complexity index is 563. The SMILES string of the molecule is CCN(C(=O)CCc1c(C)nn(C)c1C)[C@H]1CCOC(C)(C)C1. The van der Waals surface area contributed by atoms with Gasteiger partial charge in [-0.05, 0) is 59.4 Å². The maximum atomic E-state index is 12.7. The molecule has 1 aliphatic rings. The summed E-state index contributed by atoms with van der Waals surface area (Å²) in [7, 11) is 1.95. The third-order valence-electron chi connectivity index (χ3n) is 5.02. The highest BCUT2D eigenvalue weighted by Gasteiger charge is 2.33. The Hall–Kier alpha value is -1.36. The fraction of sp³-hybridized carbons (Fsp3) is 0.778. The highest BCUT2D eigenvalue weighted by atomic mass is 16.5. The van der Waals surface area contributed by atoms with E-state index in [4.69, 9.17) is 4.74 Å². The van der Waals surface area contributed by atoms with Gasteiger partial charge in [-0.15, -0.1) is 0 Å². The lowest BCUT2D eigenvalue weighted by atomic mass is 9.92. The third kappa shape index (κ3) is 4.14. The number of aryl methyl sites for hydroxylation is 2. The molecule has 1 aromatic rings. The van der Waals surface area contributed by atoms with Crippen LogP contribution in [0.25, 0.3) is 0 Å². The molecule has 1 saturated heterocycles. The first-order valence-electron chi connectivity index (χ1n) is 8.67. The van der Waals surface area contributed by atoms with E-state index in [1.807, 2.05) is 23.6 Å². The van der Waals surface area contributed by atoms with Crippen LogP contribution in [0.2, 0.25) is 0 Å². The monoisotopic (exact) mass is 321 g/mol. The van der Waals surface area contributed by atoms with E-state index in [-0.39, 0.29) is 11.5 Å². The van der Waals surface area contributed by atoms with Crippen LogP contribution in [0, 0.1) is 13.8 Å². The molecule has 5 nitrogen and oxygen atoms in total. The molecule has 0 aliphatic carbocycles. The van der Waals surface area contributed by atoms with Crippen molar-refractivity contribution in [1.82, 2.24) is 14.7 Å². The highest BCUT2D eigenvalue weighted by molar-refractivity contribution is 5.76. The van der Waals surface area contributed by atoms with Crippen LogP contribution < -0.4 is 0 Å². The first-order valence-corrected chi connectivity index (χ1v) is 8.67. The summed E-state index contributed by atoms with van der Waals surface area (Å²) in [5.41, 5.74) is 3.27. The van der Waals surface area contributed by atoms with Crippen LogP contribution in [0.3, 0.4) is 0 Å². The third-order valence-corrected chi connectivity index (χ3v) is 5.02. The summed E-state index contributed by atoms with van der Waals surface area (Å²) in [6.45, 7) is 11.9. The van der Waals surface area contributed by atoms with Crippen molar-refractivity contribution in [1.29, 1.82) is 0 Å². The van der Waals surface area contributed by atoms with E-state index in [1.165, 1.54) is 5.56 Å². The van der Waals surface area contributed by atoms with E-state index in [9.17, 15) is 4.79 Å². The predicted octanol–water partition coefficient (Wildman–Crippen LogP) is 2.78. The topological polar surface area (TPSA) is 47.4 Å². The Kier molecular flexibility index (Phi) is 5.50. The maximum absolute atomic E-state index is 12.7. The van der Waals surface area contributed by atoms with Crippen LogP contribution in [0.15, 0.2) is 0 Å². The molecule has 0 N–H and O–H groups in total. The van der Waals surface area contributed by atoms with Crippen LogP contribution in [0.4, 0.5) is 0 Å². The molecule has 0 saturated carbocycles. The zero-order chi connectivity index (χ0) is 17.2. The Morgan fingerprint density at radius 2 is 2.13 bits per heavy atom. The van der Waals surface area contributed by atoms with Crippen molar-refractivity contribution in [3.05, 3.63) is 17.0 Å². The molecule has 1 atom stereocenters. The molecule has 1 amide bonds. The van der Waals surface area contributed by atoms with Crippen LogP contribution in [-0.4, -0.2) is 45.4 Å². The molecule has 0 unspecified atom stereocenters. The van der Waals surface area contributed by atoms with Crippen molar-refractivity contribution in [3.63, 3.8) is 0 Å².